The highest BCUT2D eigenvalue weighted by Gasteiger charge is 2.09. The summed E-state index contributed by atoms with van der Waals surface area (Å²) in [7, 11) is 0. The van der Waals surface area contributed by atoms with Gasteiger partial charge in [-0.05, 0) is 19.1 Å². The SMILES string of the molecule is Cc1nc(CC(N)Cc2ccc3ccccc3n2)cs1. The zero-order valence-electron chi connectivity index (χ0n) is 11.4. The molecule has 3 aromatic rings. The zero-order valence-corrected chi connectivity index (χ0v) is 12.2. The van der Waals surface area contributed by atoms with E-state index in [0.29, 0.717) is 0 Å². The smallest absolute Gasteiger partial charge is 0.0897 e. The topological polar surface area (TPSA) is 51.8 Å². The molecule has 2 N–H and O–H groups in total. The molecule has 20 heavy (non-hydrogen) atoms. The average molecular weight is 283 g/mol. The highest BCUT2D eigenvalue weighted by atomic mass is 32.1. The van der Waals surface area contributed by atoms with E-state index in [0.717, 1.165) is 34.8 Å². The van der Waals surface area contributed by atoms with Crippen LogP contribution in [0, 0.1) is 6.92 Å². The van der Waals surface area contributed by atoms with Gasteiger partial charge in [-0.1, -0.05) is 24.3 Å². The Labute approximate surface area is 122 Å². The van der Waals surface area contributed by atoms with Gasteiger partial charge in [0.05, 0.1) is 16.2 Å². The van der Waals surface area contributed by atoms with E-state index in [1.807, 2.05) is 25.1 Å². The molecular weight excluding hydrogens is 266 g/mol. The number of hydrogen-bond acceptors (Lipinski definition) is 4. The Morgan fingerprint density at radius 3 is 2.65 bits per heavy atom. The number of nitrogens with zero attached hydrogens (tertiary/aromatic N) is 2. The van der Waals surface area contributed by atoms with Crippen LogP contribution in [0.3, 0.4) is 0 Å². The minimum atomic E-state index is 0.0603. The number of rotatable bonds is 4. The summed E-state index contributed by atoms with van der Waals surface area (Å²) in [4.78, 5) is 9.12. The number of fused-ring (bicyclic) bond motifs is 1. The molecule has 3 rings (SSSR count). The lowest BCUT2D eigenvalue weighted by molar-refractivity contribution is 0.647. The summed E-state index contributed by atoms with van der Waals surface area (Å²) in [6, 6.07) is 12.4. The fourth-order valence-electron chi connectivity index (χ4n) is 2.33. The number of aromatic nitrogens is 2. The molecule has 1 aromatic carbocycles. The van der Waals surface area contributed by atoms with Crippen LogP contribution in [0.15, 0.2) is 41.8 Å². The predicted octanol–water partition coefficient (Wildman–Crippen LogP) is 3.11. The first kappa shape index (κ1) is 13.2. The monoisotopic (exact) mass is 283 g/mol. The highest BCUT2D eigenvalue weighted by molar-refractivity contribution is 7.09. The minimum Gasteiger partial charge on any atom is -0.327 e. The van der Waals surface area contributed by atoms with E-state index in [4.69, 9.17) is 5.73 Å². The maximum Gasteiger partial charge on any atom is 0.0897 e. The third-order valence-corrected chi connectivity index (χ3v) is 4.09. The van der Waals surface area contributed by atoms with Crippen molar-refractivity contribution >= 4 is 22.2 Å². The summed E-state index contributed by atoms with van der Waals surface area (Å²) < 4.78 is 0. The summed E-state index contributed by atoms with van der Waals surface area (Å²) in [5.74, 6) is 0. The molecule has 0 spiro atoms. The third kappa shape index (κ3) is 3.03. The summed E-state index contributed by atoms with van der Waals surface area (Å²) in [5, 5.41) is 4.35. The van der Waals surface area contributed by atoms with Crippen molar-refractivity contribution in [3.8, 4) is 0 Å². The Morgan fingerprint density at radius 1 is 1.05 bits per heavy atom. The molecule has 0 aliphatic heterocycles. The minimum absolute atomic E-state index is 0.0603. The number of pyridine rings is 1. The molecule has 1 atom stereocenters. The van der Waals surface area contributed by atoms with E-state index in [1.54, 1.807) is 11.3 Å². The van der Waals surface area contributed by atoms with Gasteiger partial charge in [-0.15, -0.1) is 11.3 Å². The first-order valence-corrected chi connectivity index (χ1v) is 7.60. The van der Waals surface area contributed by atoms with Crippen molar-refractivity contribution < 1.29 is 0 Å². The molecule has 0 aliphatic rings. The molecule has 1 unspecified atom stereocenters. The Balaban J connectivity index is 1.72. The van der Waals surface area contributed by atoms with Crippen LogP contribution in [-0.4, -0.2) is 16.0 Å². The fraction of sp³-hybridized carbons (Fsp3) is 0.250. The Morgan fingerprint density at radius 2 is 1.85 bits per heavy atom. The number of aryl methyl sites for hydroxylation is 1. The second-order valence-corrected chi connectivity index (χ2v) is 6.08. The van der Waals surface area contributed by atoms with Gasteiger partial charge >= 0.3 is 0 Å². The summed E-state index contributed by atoms with van der Waals surface area (Å²) in [6.45, 7) is 2.02. The second kappa shape index (κ2) is 5.69. The number of nitrogens with two attached hydrogens (primary N) is 1. The van der Waals surface area contributed by atoms with Crippen molar-refractivity contribution in [2.24, 2.45) is 5.73 Å². The standard InChI is InChI=1S/C16H17N3S/c1-11-18-15(10-20-11)9-13(17)8-14-7-6-12-4-2-3-5-16(12)19-14/h2-7,10,13H,8-9,17H2,1H3. The van der Waals surface area contributed by atoms with Gasteiger partial charge in [0, 0.05) is 35.3 Å². The maximum absolute atomic E-state index is 6.22. The summed E-state index contributed by atoms with van der Waals surface area (Å²) in [5.41, 5.74) is 9.37. The van der Waals surface area contributed by atoms with Crippen LogP contribution in [0.25, 0.3) is 10.9 Å². The molecule has 2 aromatic heterocycles. The van der Waals surface area contributed by atoms with Crippen molar-refractivity contribution in [1.82, 2.24) is 9.97 Å². The quantitative estimate of drug-likeness (QED) is 0.800. The third-order valence-electron chi connectivity index (χ3n) is 3.27. The van der Waals surface area contributed by atoms with E-state index in [2.05, 4.69) is 33.5 Å². The van der Waals surface area contributed by atoms with Crippen LogP contribution in [0.1, 0.15) is 16.4 Å². The van der Waals surface area contributed by atoms with Crippen LogP contribution in [0.5, 0.6) is 0 Å². The molecule has 0 aliphatic carbocycles. The van der Waals surface area contributed by atoms with Gasteiger partial charge in [-0.2, -0.15) is 0 Å². The molecular formula is C16H17N3S. The zero-order chi connectivity index (χ0) is 13.9. The number of benzene rings is 1. The van der Waals surface area contributed by atoms with E-state index in [1.165, 1.54) is 5.39 Å². The molecule has 4 heteroatoms. The van der Waals surface area contributed by atoms with Crippen molar-refractivity contribution in [2.75, 3.05) is 0 Å². The van der Waals surface area contributed by atoms with Crippen LogP contribution in [0.2, 0.25) is 0 Å². The Hall–Kier alpha value is -1.78. The first-order valence-electron chi connectivity index (χ1n) is 6.72. The van der Waals surface area contributed by atoms with E-state index in [-0.39, 0.29) is 6.04 Å². The van der Waals surface area contributed by atoms with Gasteiger partial charge in [-0.3, -0.25) is 4.98 Å². The van der Waals surface area contributed by atoms with Gasteiger partial charge < -0.3 is 5.73 Å². The predicted molar refractivity (Wildman–Crippen MR) is 84.0 cm³/mol. The lowest BCUT2D eigenvalue weighted by Crippen LogP contribution is -2.26. The van der Waals surface area contributed by atoms with E-state index >= 15 is 0 Å². The van der Waals surface area contributed by atoms with Gasteiger partial charge in [0.25, 0.3) is 0 Å². The Kier molecular flexibility index (Phi) is 3.76. The molecule has 3 nitrogen and oxygen atoms in total. The van der Waals surface area contributed by atoms with E-state index in [9.17, 15) is 0 Å². The number of para-hydroxylation sites is 1. The molecule has 2 heterocycles. The van der Waals surface area contributed by atoms with Gasteiger partial charge in [0.1, 0.15) is 0 Å². The molecule has 0 amide bonds. The van der Waals surface area contributed by atoms with Crippen LogP contribution < -0.4 is 5.73 Å². The van der Waals surface area contributed by atoms with Crippen LogP contribution in [0.4, 0.5) is 0 Å². The van der Waals surface area contributed by atoms with Crippen molar-refractivity contribution in [3.63, 3.8) is 0 Å². The van der Waals surface area contributed by atoms with Crippen molar-refractivity contribution in [1.29, 1.82) is 0 Å². The average Bonchev–Trinajstić information content (AvgIpc) is 2.83. The lowest BCUT2D eigenvalue weighted by atomic mass is 10.1. The van der Waals surface area contributed by atoms with Crippen molar-refractivity contribution in [3.05, 3.63) is 58.2 Å². The van der Waals surface area contributed by atoms with Gasteiger partial charge in [-0.25, -0.2) is 4.98 Å². The molecule has 0 saturated carbocycles. The second-order valence-electron chi connectivity index (χ2n) is 5.02. The summed E-state index contributed by atoms with van der Waals surface area (Å²) >= 11 is 1.67. The molecule has 0 saturated heterocycles. The van der Waals surface area contributed by atoms with Gasteiger partial charge in [0.2, 0.25) is 0 Å². The first-order chi connectivity index (χ1) is 9.70. The fourth-order valence-corrected chi connectivity index (χ4v) is 2.96. The van der Waals surface area contributed by atoms with Crippen LogP contribution >= 0.6 is 11.3 Å². The molecule has 102 valence electrons. The largest absolute Gasteiger partial charge is 0.327 e. The lowest BCUT2D eigenvalue weighted by Gasteiger charge is -2.10. The molecule has 0 fully saturated rings. The normalized spacial score (nSPS) is 12.7. The van der Waals surface area contributed by atoms with E-state index < -0.39 is 0 Å². The summed E-state index contributed by atoms with van der Waals surface area (Å²) in [6.07, 6.45) is 1.58. The highest BCUT2D eigenvalue weighted by Crippen LogP contribution is 2.14. The number of hydrogen-bond donors (Lipinski definition) is 1. The van der Waals surface area contributed by atoms with Gasteiger partial charge in [0.15, 0.2) is 0 Å². The molecule has 0 bridgehead atoms. The van der Waals surface area contributed by atoms with Crippen molar-refractivity contribution in [2.45, 2.75) is 25.8 Å². The van der Waals surface area contributed by atoms with Crippen LogP contribution in [-0.2, 0) is 12.8 Å². The maximum atomic E-state index is 6.22. The molecule has 0 radical (unpaired) electrons. The Bertz CT molecular complexity index is 720. The number of thiazole rings is 1.